The molecule has 0 unspecified atom stereocenters. The van der Waals surface area contributed by atoms with Crippen LogP contribution in [0.2, 0.25) is 0 Å². The Kier molecular flexibility index (Phi) is 3.41. The van der Waals surface area contributed by atoms with Gasteiger partial charge in [0.1, 0.15) is 0 Å². The average Bonchev–Trinajstić information content (AvgIpc) is 2.19. The molecule has 0 heterocycles. The molecule has 0 aromatic heterocycles. The number of carbonyl (C=O) groups excluding carboxylic acids is 2. The number of aryl methyl sites for hydroxylation is 1. The number of rotatable bonds is 2. The first-order chi connectivity index (χ1) is 6.56. The lowest BCUT2D eigenvalue weighted by atomic mass is 10.2. The Bertz CT molecular complexity index is 376. The van der Waals surface area contributed by atoms with Crippen molar-refractivity contribution in [1.82, 2.24) is 0 Å². The predicted octanol–water partition coefficient (Wildman–Crippen LogP) is 1.92. The van der Waals surface area contributed by atoms with E-state index in [-0.39, 0.29) is 0 Å². The lowest BCUT2D eigenvalue weighted by Gasteiger charge is -2.16. The highest BCUT2D eigenvalue weighted by Crippen LogP contribution is 2.23. The van der Waals surface area contributed by atoms with Gasteiger partial charge in [0.15, 0.2) is 0 Å². The molecule has 14 heavy (non-hydrogen) atoms. The average molecular weight is 256 g/mol. The molecule has 0 N–H and O–H groups in total. The first-order valence-electron chi connectivity index (χ1n) is 4.05. The first-order valence-corrected chi connectivity index (χ1v) is 4.84. The van der Waals surface area contributed by atoms with Crippen molar-refractivity contribution in [3.05, 3.63) is 28.2 Å². The monoisotopic (exact) mass is 255 g/mol. The lowest BCUT2D eigenvalue weighted by molar-refractivity contribution is -0.129. The molecular formula is C10H10BrNO2. The molecule has 0 aliphatic rings. The fourth-order valence-electron chi connectivity index (χ4n) is 1.14. The van der Waals surface area contributed by atoms with Crippen molar-refractivity contribution >= 4 is 33.8 Å². The van der Waals surface area contributed by atoms with Crippen LogP contribution < -0.4 is 4.90 Å². The van der Waals surface area contributed by atoms with Crippen LogP contribution in [0.4, 0.5) is 5.69 Å². The highest BCUT2D eigenvalue weighted by atomic mass is 79.9. The fourth-order valence-corrected chi connectivity index (χ4v) is 1.49. The van der Waals surface area contributed by atoms with Gasteiger partial charge in [0.25, 0.3) is 5.91 Å². The molecule has 0 saturated carbocycles. The van der Waals surface area contributed by atoms with Crippen LogP contribution in [-0.2, 0) is 9.59 Å². The molecule has 1 aromatic carbocycles. The number of nitrogens with zero attached hydrogens (tertiary/aromatic N) is 1. The Labute approximate surface area is 90.8 Å². The summed E-state index contributed by atoms with van der Waals surface area (Å²) in [5.41, 5.74) is 1.68. The summed E-state index contributed by atoms with van der Waals surface area (Å²) in [6.45, 7) is 1.89. The third-order valence-corrected chi connectivity index (χ3v) is 2.46. The van der Waals surface area contributed by atoms with Gasteiger partial charge in [-0.05, 0) is 24.6 Å². The maximum Gasteiger partial charge on any atom is 0.290 e. The zero-order valence-corrected chi connectivity index (χ0v) is 9.54. The number of likely N-dealkylation sites (N-methyl/N-ethyl adjacent to an activating group) is 1. The third-order valence-electron chi connectivity index (χ3n) is 1.96. The lowest BCUT2D eigenvalue weighted by Crippen LogP contribution is -2.27. The van der Waals surface area contributed by atoms with Crippen molar-refractivity contribution < 1.29 is 9.59 Å². The van der Waals surface area contributed by atoms with Gasteiger partial charge >= 0.3 is 0 Å². The zero-order chi connectivity index (χ0) is 10.7. The maximum atomic E-state index is 11.1. The van der Waals surface area contributed by atoms with Crippen LogP contribution in [-0.4, -0.2) is 19.2 Å². The second-order valence-corrected chi connectivity index (χ2v) is 3.86. The van der Waals surface area contributed by atoms with Crippen LogP contribution in [0.15, 0.2) is 22.7 Å². The molecule has 0 aliphatic carbocycles. The summed E-state index contributed by atoms with van der Waals surface area (Å²) in [6.07, 6.45) is 0.306. The maximum absolute atomic E-state index is 11.1. The van der Waals surface area contributed by atoms with E-state index in [1.165, 1.54) is 4.90 Å². The van der Waals surface area contributed by atoms with Gasteiger partial charge < -0.3 is 4.90 Å². The summed E-state index contributed by atoms with van der Waals surface area (Å²) < 4.78 is 0.878. The molecule has 0 bridgehead atoms. The predicted molar refractivity (Wildman–Crippen MR) is 58.4 cm³/mol. The highest BCUT2D eigenvalue weighted by molar-refractivity contribution is 9.10. The van der Waals surface area contributed by atoms with Crippen LogP contribution in [0.25, 0.3) is 0 Å². The van der Waals surface area contributed by atoms with Crippen molar-refractivity contribution in [1.29, 1.82) is 0 Å². The molecule has 1 aromatic rings. The highest BCUT2D eigenvalue weighted by Gasteiger charge is 2.11. The Morgan fingerprint density at radius 3 is 2.71 bits per heavy atom. The third kappa shape index (κ3) is 2.20. The van der Waals surface area contributed by atoms with Gasteiger partial charge in [0.2, 0.25) is 6.29 Å². The molecule has 0 atom stereocenters. The number of hydrogen-bond donors (Lipinski definition) is 0. The van der Waals surface area contributed by atoms with E-state index in [0.29, 0.717) is 6.29 Å². The minimum absolute atomic E-state index is 0.306. The zero-order valence-electron chi connectivity index (χ0n) is 7.95. The Hall–Kier alpha value is -1.16. The van der Waals surface area contributed by atoms with Crippen molar-refractivity contribution in [3.8, 4) is 0 Å². The molecule has 3 nitrogen and oxygen atoms in total. The largest absolute Gasteiger partial charge is 0.309 e. The number of halogens is 1. The molecule has 4 heteroatoms. The number of carbonyl (C=O) groups is 2. The summed E-state index contributed by atoms with van der Waals surface area (Å²) in [7, 11) is 1.57. The number of amides is 1. The van der Waals surface area contributed by atoms with E-state index in [1.807, 2.05) is 19.1 Å². The normalized spacial score (nSPS) is 9.64. The first kappa shape index (κ1) is 10.9. The van der Waals surface area contributed by atoms with E-state index < -0.39 is 5.91 Å². The molecule has 0 spiro atoms. The van der Waals surface area contributed by atoms with E-state index in [9.17, 15) is 9.59 Å². The van der Waals surface area contributed by atoms with Gasteiger partial charge in [-0.3, -0.25) is 9.59 Å². The second kappa shape index (κ2) is 4.37. The molecule has 0 fully saturated rings. The van der Waals surface area contributed by atoms with Crippen LogP contribution in [0, 0.1) is 6.92 Å². The summed E-state index contributed by atoms with van der Waals surface area (Å²) in [5.74, 6) is -0.550. The molecular weight excluding hydrogens is 246 g/mol. The van der Waals surface area contributed by atoms with E-state index >= 15 is 0 Å². The standard InChI is InChI=1S/C10H10BrNO2/c1-7-3-4-8(11)5-9(7)12(2)10(14)6-13/h3-6H,1-2H3. The van der Waals surface area contributed by atoms with Gasteiger partial charge in [0.05, 0.1) is 0 Å². The van der Waals surface area contributed by atoms with Crippen LogP contribution in [0.5, 0.6) is 0 Å². The van der Waals surface area contributed by atoms with E-state index in [1.54, 1.807) is 13.1 Å². The molecule has 1 amide bonds. The summed E-state index contributed by atoms with van der Waals surface area (Å²) in [5, 5.41) is 0. The summed E-state index contributed by atoms with van der Waals surface area (Å²) in [6, 6.07) is 5.57. The van der Waals surface area contributed by atoms with Gasteiger partial charge in [-0.15, -0.1) is 0 Å². The fraction of sp³-hybridized carbons (Fsp3) is 0.200. The van der Waals surface area contributed by atoms with Crippen LogP contribution >= 0.6 is 15.9 Å². The summed E-state index contributed by atoms with van der Waals surface area (Å²) in [4.78, 5) is 22.8. The second-order valence-electron chi connectivity index (χ2n) is 2.95. The number of benzene rings is 1. The quantitative estimate of drug-likeness (QED) is 0.598. The Balaban J connectivity index is 3.11. The van der Waals surface area contributed by atoms with Gasteiger partial charge in [-0.25, -0.2) is 0 Å². The Morgan fingerprint density at radius 2 is 2.14 bits per heavy atom. The smallest absolute Gasteiger partial charge is 0.290 e. The minimum Gasteiger partial charge on any atom is -0.309 e. The molecule has 0 aliphatic heterocycles. The molecule has 74 valence electrons. The van der Waals surface area contributed by atoms with Crippen LogP contribution in [0.3, 0.4) is 0 Å². The van der Waals surface area contributed by atoms with Gasteiger partial charge in [-0.2, -0.15) is 0 Å². The van der Waals surface area contributed by atoms with Crippen LogP contribution in [0.1, 0.15) is 5.56 Å². The van der Waals surface area contributed by atoms with E-state index in [0.717, 1.165) is 15.7 Å². The number of hydrogen-bond acceptors (Lipinski definition) is 2. The van der Waals surface area contributed by atoms with Crippen molar-refractivity contribution in [2.24, 2.45) is 0 Å². The van der Waals surface area contributed by atoms with Crippen molar-refractivity contribution in [2.75, 3.05) is 11.9 Å². The number of aldehydes is 1. The number of anilines is 1. The van der Waals surface area contributed by atoms with Gasteiger partial charge in [0, 0.05) is 17.2 Å². The van der Waals surface area contributed by atoms with E-state index in [2.05, 4.69) is 15.9 Å². The minimum atomic E-state index is -0.550. The van der Waals surface area contributed by atoms with Crippen molar-refractivity contribution in [3.63, 3.8) is 0 Å². The summed E-state index contributed by atoms with van der Waals surface area (Å²) >= 11 is 3.31. The van der Waals surface area contributed by atoms with Crippen molar-refractivity contribution in [2.45, 2.75) is 6.92 Å². The van der Waals surface area contributed by atoms with Gasteiger partial charge in [-0.1, -0.05) is 22.0 Å². The SMILES string of the molecule is Cc1ccc(Br)cc1N(C)C(=O)C=O. The topological polar surface area (TPSA) is 37.4 Å². The van der Waals surface area contributed by atoms with E-state index in [4.69, 9.17) is 0 Å². The Morgan fingerprint density at radius 1 is 1.50 bits per heavy atom. The molecule has 1 rings (SSSR count). The molecule has 0 radical (unpaired) electrons. The molecule has 0 saturated heterocycles.